The molecule has 0 aliphatic carbocycles. The van der Waals surface area contributed by atoms with Crippen molar-refractivity contribution in [3.63, 3.8) is 0 Å². The second-order valence-electron chi connectivity index (χ2n) is 7.11. The lowest BCUT2D eigenvalue weighted by Gasteiger charge is -2.08. The zero-order valence-corrected chi connectivity index (χ0v) is 17.3. The Hall–Kier alpha value is -4.46. The standard InChI is InChI=1S/C24H20N6O2/c1-32-19-9-7-18(8-10-19)30-20(11-12-27-30)23-28-22(21-16-25-13-14-29(21)23)24(31)26-15-17-5-3-2-4-6-17/h2-14,16H,15H2,1H3,(H,26,31). The van der Waals surface area contributed by atoms with E-state index in [0.717, 1.165) is 22.7 Å². The highest BCUT2D eigenvalue weighted by atomic mass is 16.5. The van der Waals surface area contributed by atoms with Gasteiger partial charge in [-0.05, 0) is 35.9 Å². The molecule has 0 spiro atoms. The minimum atomic E-state index is -0.263. The maximum atomic E-state index is 13.0. The molecule has 1 N–H and O–H groups in total. The van der Waals surface area contributed by atoms with Crippen molar-refractivity contribution in [2.75, 3.05) is 7.11 Å². The molecule has 0 saturated heterocycles. The molecule has 3 aromatic heterocycles. The van der Waals surface area contributed by atoms with Crippen molar-refractivity contribution in [1.82, 2.24) is 29.5 Å². The van der Waals surface area contributed by atoms with E-state index >= 15 is 0 Å². The summed E-state index contributed by atoms with van der Waals surface area (Å²) in [4.78, 5) is 21.9. The van der Waals surface area contributed by atoms with E-state index in [1.165, 1.54) is 0 Å². The molecular formula is C24H20N6O2. The number of nitrogens with zero attached hydrogens (tertiary/aromatic N) is 5. The topological polar surface area (TPSA) is 86.3 Å². The molecule has 0 aliphatic rings. The predicted octanol–water partition coefficient (Wildman–Crippen LogP) is 3.52. The fourth-order valence-corrected chi connectivity index (χ4v) is 3.55. The monoisotopic (exact) mass is 424 g/mol. The second-order valence-corrected chi connectivity index (χ2v) is 7.11. The first kappa shape index (κ1) is 19.5. The molecule has 0 bridgehead atoms. The van der Waals surface area contributed by atoms with Crippen molar-refractivity contribution in [2.24, 2.45) is 0 Å². The molecule has 3 heterocycles. The number of hydrogen-bond donors (Lipinski definition) is 1. The Labute approximate surface area is 184 Å². The van der Waals surface area contributed by atoms with Crippen LogP contribution in [-0.2, 0) is 6.54 Å². The number of rotatable bonds is 6. The third kappa shape index (κ3) is 3.58. The van der Waals surface area contributed by atoms with E-state index < -0.39 is 0 Å². The first-order valence-corrected chi connectivity index (χ1v) is 10.1. The second kappa shape index (κ2) is 8.35. The average molecular weight is 424 g/mol. The zero-order valence-electron chi connectivity index (χ0n) is 17.3. The van der Waals surface area contributed by atoms with Gasteiger partial charge in [-0.25, -0.2) is 9.67 Å². The fourth-order valence-electron chi connectivity index (χ4n) is 3.55. The highest BCUT2D eigenvalue weighted by Crippen LogP contribution is 2.25. The maximum absolute atomic E-state index is 13.0. The molecule has 0 atom stereocenters. The van der Waals surface area contributed by atoms with Crippen LogP contribution in [0.2, 0.25) is 0 Å². The van der Waals surface area contributed by atoms with Gasteiger partial charge in [0.05, 0.1) is 30.7 Å². The van der Waals surface area contributed by atoms with Gasteiger partial charge in [0.15, 0.2) is 11.5 Å². The number of carbonyl (C=O) groups is 1. The fraction of sp³-hybridized carbons (Fsp3) is 0.0833. The highest BCUT2D eigenvalue weighted by Gasteiger charge is 2.21. The minimum Gasteiger partial charge on any atom is -0.497 e. The van der Waals surface area contributed by atoms with Crippen LogP contribution in [0.5, 0.6) is 5.75 Å². The Balaban J connectivity index is 1.52. The first-order valence-electron chi connectivity index (χ1n) is 10.1. The van der Waals surface area contributed by atoms with Crippen LogP contribution in [-0.4, -0.2) is 37.2 Å². The van der Waals surface area contributed by atoms with Gasteiger partial charge in [0.2, 0.25) is 0 Å². The molecule has 0 fully saturated rings. The molecule has 8 heteroatoms. The summed E-state index contributed by atoms with van der Waals surface area (Å²) in [5.41, 5.74) is 3.55. The molecule has 0 radical (unpaired) electrons. The Kier molecular flexibility index (Phi) is 5.09. The molecule has 158 valence electrons. The summed E-state index contributed by atoms with van der Waals surface area (Å²) in [5.74, 6) is 1.10. The van der Waals surface area contributed by atoms with Gasteiger partial charge >= 0.3 is 0 Å². The molecule has 5 aromatic rings. The van der Waals surface area contributed by atoms with E-state index in [9.17, 15) is 4.79 Å². The summed E-state index contributed by atoms with van der Waals surface area (Å²) < 4.78 is 8.87. The molecule has 0 aliphatic heterocycles. The lowest BCUT2D eigenvalue weighted by Crippen LogP contribution is -2.23. The number of fused-ring (bicyclic) bond motifs is 1. The molecule has 0 saturated carbocycles. The average Bonchev–Trinajstić information content (AvgIpc) is 3.48. The molecule has 1 amide bonds. The van der Waals surface area contributed by atoms with E-state index in [1.54, 1.807) is 36.6 Å². The van der Waals surface area contributed by atoms with Crippen LogP contribution >= 0.6 is 0 Å². The van der Waals surface area contributed by atoms with Gasteiger partial charge in [0.25, 0.3) is 5.91 Å². The van der Waals surface area contributed by atoms with Gasteiger partial charge in [0.1, 0.15) is 11.4 Å². The largest absolute Gasteiger partial charge is 0.497 e. The maximum Gasteiger partial charge on any atom is 0.272 e. The number of amides is 1. The van der Waals surface area contributed by atoms with Gasteiger partial charge in [0, 0.05) is 18.9 Å². The smallest absolute Gasteiger partial charge is 0.272 e. The molecular weight excluding hydrogens is 404 g/mol. The lowest BCUT2D eigenvalue weighted by atomic mass is 10.2. The quantitative estimate of drug-likeness (QED) is 0.451. The van der Waals surface area contributed by atoms with Gasteiger partial charge in [-0.3, -0.25) is 14.2 Å². The number of aromatic nitrogens is 5. The highest BCUT2D eigenvalue weighted by molar-refractivity contribution is 5.99. The van der Waals surface area contributed by atoms with Crippen molar-refractivity contribution < 1.29 is 9.53 Å². The molecule has 5 rings (SSSR count). The van der Waals surface area contributed by atoms with Crippen molar-refractivity contribution in [3.8, 4) is 23.0 Å². The summed E-state index contributed by atoms with van der Waals surface area (Å²) in [6, 6.07) is 19.2. The first-order chi connectivity index (χ1) is 15.7. The Bertz CT molecular complexity index is 1370. The third-order valence-corrected chi connectivity index (χ3v) is 5.15. The van der Waals surface area contributed by atoms with Crippen molar-refractivity contribution in [1.29, 1.82) is 0 Å². The van der Waals surface area contributed by atoms with E-state index in [0.29, 0.717) is 23.6 Å². The van der Waals surface area contributed by atoms with Crippen molar-refractivity contribution in [2.45, 2.75) is 6.54 Å². The number of ether oxygens (including phenoxy) is 1. The van der Waals surface area contributed by atoms with Crippen LogP contribution in [0.4, 0.5) is 0 Å². The minimum absolute atomic E-state index is 0.263. The van der Waals surface area contributed by atoms with Crippen LogP contribution in [0.15, 0.2) is 85.5 Å². The van der Waals surface area contributed by atoms with E-state index in [2.05, 4.69) is 20.4 Å². The Morgan fingerprint density at radius 3 is 2.62 bits per heavy atom. The number of nitrogens with one attached hydrogen (secondary N) is 1. The van der Waals surface area contributed by atoms with Crippen LogP contribution in [0, 0.1) is 0 Å². The lowest BCUT2D eigenvalue weighted by molar-refractivity contribution is 0.0948. The number of carbonyl (C=O) groups excluding carboxylic acids is 1. The van der Waals surface area contributed by atoms with Gasteiger partial charge in [-0.15, -0.1) is 0 Å². The summed E-state index contributed by atoms with van der Waals surface area (Å²) >= 11 is 0. The van der Waals surface area contributed by atoms with Crippen molar-refractivity contribution >= 4 is 11.4 Å². The molecule has 2 aromatic carbocycles. The Morgan fingerprint density at radius 1 is 1.03 bits per heavy atom. The van der Waals surface area contributed by atoms with Gasteiger partial charge in [-0.2, -0.15) is 5.10 Å². The number of methoxy groups -OCH3 is 1. The van der Waals surface area contributed by atoms with Crippen molar-refractivity contribution in [3.05, 3.63) is 96.7 Å². The molecule has 0 unspecified atom stereocenters. The third-order valence-electron chi connectivity index (χ3n) is 5.15. The number of hydrogen-bond acceptors (Lipinski definition) is 5. The number of benzene rings is 2. The van der Waals surface area contributed by atoms with Crippen LogP contribution in [0.1, 0.15) is 16.1 Å². The normalized spacial score (nSPS) is 10.9. The SMILES string of the molecule is COc1ccc(-n2nccc2-c2nc(C(=O)NCc3ccccc3)c3cnccn23)cc1. The van der Waals surface area contributed by atoms with Gasteiger partial charge < -0.3 is 10.1 Å². The summed E-state index contributed by atoms with van der Waals surface area (Å²) in [7, 11) is 1.63. The van der Waals surface area contributed by atoms with Crippen LogP contribution in [0.25, 0.3) is 22.7 Å². The summed E-state index contributed by atoms with van der Waals surface area (Å²) in [6.45, 7) is 0.415. The predicted molar refractivity (Wildman–Crippen MR) is 120 cm³/mol. The summed E-state index contributed by atoms with van der Waals surface area (Å²) in [6.07, 6.45) is 6.80. The van der Waals surface area contributed by atoms with E-state index in [-0.39, 0.29) is 5.91 Å². The Morgan fingerprint density at radius 2 is 1.84 bits per heavy atom. The van der Waals surface area contributed by atoms with E-state index in [1.807, 2.05) is 65.1 Å². The summed E-state index contributed by atoms with van der Waals surface area (Å²) in [5, 5.41) is 7.41. The van der Waals surface area contributed by atoms with Gasteiger partial charge in [-0.1, -0.05) is 30.3 Å². The zero-order chi connectivity index (χ0) is 21.9. The molecule has 8 nitrogen and oxygen atoms in total. The number of imidazole rings is 1. The van der Waals surface area contributed by atoms with Crippen LogP contribution in [0.3, 0.4) is 0 Å². The van der Waals surface area contributed by atoms with E-state index in [4.69, 9.17) is 4.74 Å². The molecule has 32 heavy (non-hydrogen) atoms. The van der Waals surface area contributed by atoms with Crippen LogP contribution < -0.4 is 10.1 Å².